The number of thioether (sulfide) groups is 1. The second-order valence-electron chi connectivity index (χ2n) is 5.11. The van der Waals surface area contributed by atoms with Crippen molar-refractivity contribution in [2.24, 2.45) is 12.0 Å². The van der Waals surface area contributed by atoms with Crippen molar-refractivity contribution >= 4 is 50.8 Å². The van der Waals surface area contributed by atoms with Crippen molar-refractivity contribution in [2.75, 3.05) is 6.26 Å². The number of aromatic nitrogens is 1. The van der Waals surface area contributed by atoms with Crippen LogP contribution in [0.1, 0.15) is 15.9 Å². The molecule has 3 nitrogen and oxygen atoms in total. The summed E-state index contributed by atoms with van der Waals surface area (Å²) in [6.07, 6.45) is 2.01. The Morgan fingerprint density at radius 2 is 1.91 bits per heavy atom. The second-order valence-corrected chi connectivity index (χ2v) is 7.40. The van der Waals surface area contributed by atoms with E-state index in [-0.39, 0.29) is 5.91 Å². The zero-order chi connectivity index (χ0) is 16.6. The van der Waals surface area contributed by atoms with Gasteiger partial charge >= 0.3 is 0 Å². The summed E-state index contributed by atoms with van der Waals surface area (Å²) in [5.74, 6) is -0.233. The Morgan fingerprint density at radius 3 is 2.57 bits per heavy atom. The van der Waals surface area contributed by atoms with Gasteiger partial charge in [0.1, 0.15) is 0 Å². The lowest BCUT2D eigenvalue weighted by Crippen LogP contribution is -2.13. The molecule has 0 aliphatic heterocycles. The van der Waals surface area contributed by atoms with Crippen LogP contribution in [0.3, 0.4) is 0 Å². The number of carbonyl (C=O) groups excluding carboxylic acids is 1. The molecule has 2 aromatic carbocycles. The molecule has 0 bridgehead atoms. The Morgan fingerprint density at radius 1 is 1.22 bits per heavy atom. The highest BCUT2D eigenvalue weighted by atomic mass is 35.5. The van der Waals surface area contributed by atoms with Gasteiger partial charge in [-0.05, 0) is 55.1 Å². The molecule has 0 saturated carbocycles. The number of halogens is 1. The van der Waals surface area contributed by atoms with Crippen molar-refractivity contribution in [1.82, 2.24) is 4.57 Å². The van der Waals surface area contributed by atoms with Crippen LogP contribution < -0.4 is 4.80 Å². The Balaban J connectivity index is 2.08. The normalized spacial score (nSPS) is 12.1. The molecule has 0 atom stereocenters. The Labute approximate surface area is 147 Å². The van der Waals surface area contributed by atoms with Gasteiger partial charge in [-0.15, -0.1) is 11.8 Å². The molecule has 0 aliphatic carbocycles. The summed E-state index contributed by atoms with van der Waals surface area (Å²) in [4.78, 5) is 18.5. The summed E-state index contributed by atoms with van der Waals surface area (Å²) in [6.45, 7) is 1.98. The zero-order valence-corrected chi connectivity index (χ0v) is 15.4. The van der Waals surface area contributed by atoms with Crippen molar-refractivity contribution in [3.63, 3.8) is 0 Å². The van der Waals surface area contributed by atoms with E-state index in [1.165, 1.54) is 11.3 Å². The SMILES string of the molecule is CSc1ccc(C(=O)N=c2sc3ccc(Cl)c(C)c3n2C)cc1. The smallest absolute Gasteiger partial charge is 0.279 e. The summed E-state index contributed by atoms with van der Waals surface area (Å²) in [5.41, 5.74) is 2.61. The second kappa shape index (κ2) is 6.51. The van der Waals surface area contributed by atoms with E-state index in [2.05, 4.69) is 4.99 Å². The summed E-state index contributed by atoms with van der Waals surface area (Å²) < 4.78 is 2.99. The first kappa shape index (κ1) is 16.3. The predicted octanol–water partition coefficient (Wildman–Crippen LogP) is 4.66. The van der Waals surface area contributed by atoms with E-state index in [1.807, 2.05) is 61.2 Å². The van der Waals surface area contributed by atoms with Crippen LogP contribution in [0.4, 0.5) is 0 Å². The molecule has 6 heteroatoms. The lowest BCUT2D eigenvalue weighted by Gasteiger charge is -2.02. The van der Waals surface area contributed by atoms with Crippen molar-refractivity contribution < 1.29 is 4.79 Å². The van der Waals surface area contributed by atoms with E-state index in [1.54, 1.807) is 11.8 Å². The first-order chi connectivity index (χ1) is 11.0. The molecule has 0 aliphatic rings. The lowest BCUT2D eigenvalue weighted by molar-refractivity contribution is 0.0998. The monoisotopic (exact) mass is 362 g/mol. The maximum atomic E-state index is 12.4. The van der Waals surface area contributed by atoms with E-state index in [4.69, 9.17) is 11.6 Å². The van der Waals surface area contributed by atoms with Gasteiger partial charge in [0.05, 0.1) is 10.2 Å². The summed E-state index contributed by atoms with van der Waals surface area (Å²) in [7, 11) is 1.91. The minimum Gasteiger partial charge on any atom is -0.319 e. The van der Waals surface area contributed by atoms with E-state index >= 15 is 0 Å². The number of nitrogens with zero attached hydrogens (tertiary/aromatic N) is 2. The minimum absolute atomic E-state index is 0.233. The predicted molar refractivity (Wildman–Crippen MR) is 98.7 cm³/mol. The maximum absolute atomic E-state index is 12.4. The molecule has 3 rings (SSSR count). The summed E-state index contributed by atoms with van der Waals surface area (Å²) >= 11 is 9.33. The highest BCUT2D eigenvalue weighted by Gasteiger charge is 2.10. The molecule has 1 heterocycles. The first-order valence-electron chi connectivity index (χ1n) is 6.99. The summed E-state index contributed by atoms with van der Waals surface area (Å²) in [6, 6.07) is 11.3. The van der Waals surface area contributed by atoms with Crippen molar-refractivity contribution in [3.8, 4) is 0 Å². The number of thiazole rings is 1. The fourth-order valence-corrected chi connectivity index (χ4v) is 4.03. The van der Waals surface area contributed by atoms with E-state index in [0.29, 0.717) is 10.4 Å². The van der Waals surface area contributed by atoms with Crippen LogP contribution in [-0.4, -0.2) is 16.7 Å². The number of amides is 1. The quantitative estimate of drug-likeness (QED) is 0.621. The van der Waals surface area contributed by atoms with Crippen LogP contribution in [0.5, 0.6) is 0 Å². The van der Waals surface area contributed by atoms with Crippen molar-refractivity contribution in [3.05, 3.63) is 57.3 Å². The Bertz CT molecular complexity index is 955. The van der Waals surface area contributed by atoms with Crippen molar-refractivity contribution in [1.29, 1.82) is 0 Å². The minimum atomic E-state index is -0.233. The van der Waals surface area contributed by atoms with E-state index in [0.717, 1.165) is 25.7 Å². The van der Waals surface area contributed by atoms with Gasteiger partial charge < -0.3 is 4.57 Å². The largest absolute Gasteiger partial charge is 0.319 e. The molecule has 0 radical (unpaired) electrons. The zero-order valence-electron chi connectivity index (χ0n) is 13.0. The highest BCUT2D eigenvalue weighted by molar-refractivity contribution is 7.98. The van der Waals surface area contributed by atoms with E-state index < -0.39 is 0 Å². The van der Waals surface area contributed by atoms with Crippen LogP contribution in [-0.2, 0) is 7.05 Å². The molecule has 0 fully saturated rings. The van der Waals surface area contributed by atoms with Gasteiger partial charge in [-0.1, -0.05) is 22.9 Å². The van der Waals surface area contributed by atoms with Gasteiger partial charge in [0.25, 0.3) is 5.91 Å². The molecule has 3 aromatic rings. The van der Waals surface area contributed by atoms with Crippen LogP contribution in [0.15, 0.2) is 46.3 Å². The number of rotatable bonds is 2. The average Bonchev–Trinajstić information content (AvgIpc) is 2.88. The van der Waals surface area contributed by atoms with E-state index in [9.17, 15) is 4.79 Å². The third-order valence-corrected chi connectivity index (χ3v) is 5.94. The van der Waals surface area contributed by atoms with Gasteiger partial charge in [0, 0.05) is 22.5 Å². The number of aryl methyl sites for hydroxylation is 2. The van der Waals surface area contributed by atoms with Gasteiger partial charge in [-0.25, -0.2) is 0 Å². The molecule has 1 aromatic heterocycles. The summed E-state index contributed by atoms with van der Waals surface area (Å²) in [5, 5.41) is 0.719. The third kappa shape index (κ3) is 3.09. The highest BCUT2D eigenvalue weighted by Crippen LogP contribution is 2.26. The van der Waals surface area contributed by atoms with Gasteiger partial charge in [-0.2, -0.15) is 4.99 Å². The molecule has 0 spiro atoms. The standard InChI is InChI=1S/C17H15ClN2OS2/c1-10-13(18)8-9-14-15(10)20(2)17(23-14)19-16(21)11-4-6-12(22-3)7-5-11/h4-9H,1-3H3. The Hall–Kier alpha value is -1.56. The average molecular weight is 363 g/mol. The van der Waals surface area contributed by atoms with Crippen molar-refractivity contribution in [2.45, 2.75) is 11.8 Å². The molecule has 0 unspecified atom stereocenters. The molecule has 0 N–H and O–H groups in total. The third-order valence-electron chi connectivity index (χ3n) is 3.69. The number of hydrogen-bond acceptors (Lipinski definition) is 3. The van der Waals surface area contributed by atoms with Gasteiger partial charge in [0.2, 0.25) is 0 Å². The number of carbonyl (C=O) groups is 1. The Kier molecular flexibility index (Phi) is 4.62. The molecule has 0 saturated heterocycles. The molecular formula is C17H15ClN2OS2. The van der Waals surface area contributed by atoms with Crippen LogP contribution in [0.2, 0.25) is 5.02 Å². The van der Waals surface area contributed by atoms with Gasteiger partial charge in [-0.3, -0.25) is 4.79 Å². The first-order valence-corrected chi connectivity index (χ1v) is 9.41. The topological polar surface area (TPSA) is 34.4 Å². The number of benzene rings is 2. The number of fused-ring (bicyclic) bond motifs is 1. The number of hydrogen-bond donors (Lipinski definition) is 0. The van der Waals surface area contributed by atoms with Gasteiger partial charge in [0.15, 0.2) is 4.80 Å². The molecule has 23 heavy (non-hydrogen) atoms. The van der Waals surface area contributed by atoms with Crippen LogP contribution in [0.25, 0.3) is 10.2 Å². The lowest BCUT2D eigenvalue weighted by atomic mass is 10.2. The molecule has 118 valence electrons. The fraction of sp³-hybridized carbons (Fsp3) is 0.176. The van der Waals surface area contributed by atoms with Crippen LogP contribution in [0, 0.1) is 6.92 Å². The molecular weight excluding hydrogens is 348 g/mol. The maximum Gasteiger partial charge on any atom is 0.279 e. The van der Waals surface area contributed by atoms with Crippen LogP contribution >= 0.6 is 34.7 Å². The fourth-order valence-electron chi connectivity index (χ4n) is 2.40. The molecule has 1 amide bonds.